The van der Waals surface area contributed by atoms with Gasteiger partial charge in [0.2, 0.25) is 0 Å². The number of halogens is 1. The van der Waals surface area contributed by atoms with E-state index in [-0.39, 0.29) is 0 Å². The Morgan fingerprint density at radius 1 is 1.31 bits per heavy atom. The highest BCUT2D eigenvalue weighted by Gasteiger charge is 1.95. The van der Waals surface area contributed by atoms with Crippen molar-refractivity contribution in [2.24, 2.45) is 0 Å². The van der Waals surface area contributed by atoms with Gasteiger partial charge in [0.05, 0.1) is 17.8 Å². The molecule has 0 unspecified atom stereocenters. The lowest BCUT2D eigenvalue weighted by Crippen LogP contribution is -2.16. The summed E-state index contributed by atoms with van der Waals surface area (Å²) < 4.78 is 5.52. The highest BCUT2D eigenvalue weighted by molar-refractivity contribution is 6.30. The second-order valence-electron chi connectivity index (χ2n) is 3.64. The molecule has 0 aromatic carbocycles. The predicted octanol–water partition coefficient (Wildman–Crippen LogP) is 2.89. The minimum atomic E-state index is 0.613. The summed E-state index contributed by atoms with van der Waals surface area (Å²) in [6.07, 6.45) is 6.65. The zero-order valence-corrected chi connectivity index (χ0v) is 10.5. The van der Waals surface area contributed by atoms with Crippen molar-refractivity contribution in [2.75, 3.05) is 19.7 Å². The van der Waals surface area contributed by atoms with E-state index in [0.717, 1.165) is 38.3 Å². The Hall–Kier alpha value is -0.800. The van der Waals surface area contributed by atoms with E-state index in [1.54, 1.807) is 18.5 Å². The fourth-order valence-electron chi connectivity index (χ4n) is 1.32. The number of rotatable bonds is 8. The summed E-state index contributed by atoms with van der Waals surface area (Å²) in [5, 5.41) is 3.97. The van der Waals surface area contributed by atoms with Gasteiger partial charge in [-0.05, 0) is 32.4 Å². The van der Waals surface area contributed by atoms with E-state index in [0.29, 0.717) is 5.02 Å². The smallest absolute Gasteiger partial charge is 0.139 e. The molecule has 1 heterocycles. The number of unbranched alkanes of at least 4 members (excludes halogenated alkanes) is 1. The summed E-state index contributed by atoms with van der Waals surface area (Å²) in [5.41, 5.74) is 0. The van der Waals surface area contributed by atoms with Crippen LogP contribution in [-0.2, 0) is 0 Å². The molecule has 0 amide bonds. The molecular weight excluding hydrogens is 224 g/mol. The molecule has 0 radical (unpaired) electrons. The summed E-state index contributed by atoms with van der Waals surface area (Å²) in [6, 6.07) is 1.78. The van der Waals surface area contributed by atoms with E-state index in [1.807, 2.05) is 0 Å². The van der Waals surface area contributed by atoms with E-state index in [1.165, 1.54) is 6.42 Å². The van der Waals surface area contributed by atoms with Crippen molar-refractivity contribution in [1.29, 1.82) is 0 Å². The lowest BCUT2D eigenvalue weighted by Gasteiger charge is -2.06. The number of aromatic nitrogens is 1. The maximum absolute atomic E-state index is 5.79. The van der Waals surface area contributed by atoms with Gasteiger partial charge in [0.15, 0.2) is 0 Å². The summed E-state index contributed by atoms with van der Waals surface area (Å²) in [5.74, 6) is 0.744. The van der Waals surface area contributed by atoms with Crippen LogP contribution in [0.2, 0.25) is 5.02 Å². The Kier molecular flexibility index (Phi) is 6.93. The number of hydrogen-bond donors (Lipinski definition) is 1. The van der Waals surface area contributed by atoms with E-state index < -0.39 is 0 Å². The first kappa shape index (κ1) is 13.3. The monoisotopic (exact) mass is 242 g/mol. The molecule has 90 valence electrons. The number of ether oxygens (including phenoxy) is 1. The second kappa shape index (κ2) is 8.36. The SMILES string of the molecule is CCCNCCCCOc1cncc(Cl)c1. The van der Waals surface area contributed by atoms with Crippen molar-refractivity contribution >= 4 is 11.6 Å². The summed E-state index contributed by atoms with van der Waals surface area (Å²) in [6.45, 7) is 5.04. The molecular formula is C12H19ClN2O. The third kappa shape index (κ3) is 5.93. The maximum atomic E-state index is 5.79. The van der Waals surface area contributed by atoms with Crippen LogP contribution in [0.15, 0.2) is 18.5 Å². The van der Waals surface area contributed by atoms with E-state index in [2.05, 4.69) is 17.2 Å². The number of nitrogens with one attached hydrogen (secondary N) is 1. The van der Waals surface area contributed by atoms with Gasteiger partial charge in [-0.15, -0.1) is 0 Å². The van der Waals surface area contributed by atoms with E-state index in [4.69, 9.17) is 16.3 Å². The van der Waals surface area contributed by atoms with Crippen LogP contribution < -0.4 is 10.1 Å². The van der Waals surface area contributed by atoms with Gasteiger partial charge in [0, 0.05) is 12.3 Å². The molecule has 1 aromatic rings. The minimum Gasteiger partial charge on any atom is -0.492 e. The van der Waals surface area contributed by atoms with Crippen LogP contribution in [-0.4, -0.2) is 24.7 Å². The number of hydrogen-bond acceptors (Lipinski definition) is 3. The van der Waals surface area contributed by atoms with Gasteiger partial charge >= 0.3 is 0 Å². The van der Waals surface area contributed by atoms with Crippen molar-refractivity contribution in [2.45, 2.75) is 26.2 Å². The van der Waals surface area contributed by atoms with Gasteiger partial charge in [-0.3, -0.25) is 4.98 Å². The van der Waals surface area contributed by atoms with Gasteiger partial charge in [0.1, 0.15) is 5.75 Å². The molecule has 0 aliphatic rings. The van der Waals surface area contributed by atoms with E-state index >= 15 is 0 Å². The average molecular weight is 243 g/mol. The Morgan fingerprint density at radius 2 is 2.19 bits per heavy atom. The van der Waals surface area contributed by atoms with Crippen LogP contribution in [0.3, 0.4) is 0 Å². The maximum Gasteiger partial charge on any atom is 0.139 e. The lowest BCUT2D eigenvalue weighted by atomic mass is 10.3. The zero-order chi connectivity index (χ0) is 11.6. The molecule has 0 saturated heterocycles. The predicted molar refractivity (Wildman–Crippen MR) is 67.1 cm³/mol. The highest BCUT2D eigenvalue weighted by Crippen LogP contribution is 2.15. The van der Waals surface area contributed by atoms with Crippen molar-refractivity contribution in [1.82, 2.24) is 10.3 Å². The first-order valence-electron chi connectivity index (χ1n) is 5.77. The van der Waals surface area contributed by atoms with Gasteiger partial charge in [-0.25, -0.2) is 0 Å². The normalized spacial score (nSPS) is 10.4. The lowest BCUT2D eigenvalue weighted by molar-refractivity contribution is 0.305. The summed E-state index contributed by atoms with van der Waals surface area (Å²) in [4.78, 5) is 3.95. The first-order chi connectivity index (χ1) is 7.83. The fraction of sp³-hybridized carbons (Fsp3) is 0.583. The van der Waals surface area contributed by atoms with Gasteiger partial charge in [-0.1, -0.05) is 18.5 Å². The molecule has 1 rings (SSSR count). The molecule has 1 aromatic heterocycles. The number of nitrogens with zero attached hydrogens (tertiary/aromatic N) is 1. The largest absolute Gasteiger partial charge is 0.492 e. The van der Waals surface area contributed by atoms with Crippen LogP contribution in [0, 0.1) is 0 Å². The topological polar surface area (TPSA) is 34.1 Å². The van der Waals surface area contributed by atoms with Crippen molar-refractivity contribution in [3.8, 4) is 5.75 Å². The van der Waals surface area contributed by atoms with Gasteiger partial charge in [0.25, 0.3) is 0 Å². The Labute approximate surface area is 102 Å². The summed E-state index contributed by atoms with van der Waals surface area (Å²) >= 11 is 5.79. The average Bonchev–Trinajstić information content (AvgIpc) is 2.28. The molecule has 0 aliphatic carbocycles. The molecule has 0 fully saturated rings. The van der Waals surface area contributed by atoms with Crippen LogP contribution in [0.5, 0.6) is 5.75 Å². The Morgan fingerprint density at radius 3 is 2.94 bits per heavy atom. The minimum absolute atomic E-state index is 0.613. The van der Waals surface area contributed by atoms with Crippen LogP contribution in [0.4, 0.5) is 0 Å². The highest BCUT2D eigenvalue weighted by atomic mass is 35.5. The summed E-state index contributed by atoms with van der Waals surface area (Å²) in [7, 11) is 0. The van der Waals surface area contributed by atoms with Crippen molar-refractivity contribution in [3.05, 3.63) is 23.5 Å². The molecule has 4 heteroatoms. The van der Waals surface area contributed by atoms with Gasteiger partial charge < -0.3 is 10.1 Å². The molecule has 0 spiro atoms. The van der Waals surface area contributed by atoms with Crippen molar-refractivity contribution in [3.63, 3.8) is 0 Å². The number of pyridine rings is 1. The molecule has 0 bridgehead atoms. The molecule has 3 nitrogen and oxygen atoms in total. The van der Waals surface area contributed by atoms with Crippen LogP contribution in [0.1, 0.15) is 26.2 Å². The first-order valence-corrected chi connectivity index (χ1v) is 6.15. The molecule has 1 N–H and O–H groups in total. The Bertz CT molecular complexity index is 294. The molecule has 0 aliphatic heterocycles. The molecule has 16 heavy (non-hydrogen) atoms. The van der Waals surface area contributed by atoms with Crippen LogP contribution >= 0.6 is 11.6 Å². The van der Waals surface area contributed by atoms with Crippen LogP contribution in [0.25, 0.3) is 0 Å². The third-order valence-electron chi connectivity index (χ3n) is 2.12. The van der Waals surface area contributed by atoms with Gasteiger partial charge in [-0.2, -0.15) is 0 Å². The fourth-order valence-corrected chi connectivity index (χ4v) is 1.48. The quantitative estimate of drug-likeness (QED) is 0.712. The molecule has 0 saturated carbocycles. The standard InChI is InChI=1S/C12H19ClN2O/c1-2-5-14-6-3-4-7-16-12-8-11(13)9-15-10-12/h8-10,14H,2-7H2,1H3. The molecule has 0 atom stereocenters. The van der Waals surface area contributed by atoms with Crippen molar-refractivity contribution < 1.29 is 4.74 Å². The second-order valence-corrected chi connectivity index (χ2v) is 4.08. The third-order valence-corrected chi connectivity index (χ3v) is 2.33. The zero-order valence-electron chi connectivity index (χ0n) is 9.71. The van der Waals surface area contributed by atoms with E-state index in [9.17, 15) is 0 Å². The Balaban J connectivity index is 2.03.